The van der Waals surface area contributed by atoms with Crippen LogP contribution >= 0.6 is 11.6 Å². The highest BCUT2D eigenvalue weighted by atomic mass is 35.5. The lowest BCUT2D eigenvalue weighted by Gasteiger charge is -2.20. The van der Waals surface area contributed by atoms with E-state index in [9.17, 15) is 18.0 Å². The third-order valence-electron chi connectivity index (χ3n) is 3.43. The van der Waals surface area contributed by atoms with Crippen LogP contribution in [0.4, 0.5) is 0 Å². The molecule has 0 bridgehead atoms. The first kappa shape index (κ1) is 21.4. The maximum Gasteiger partial charge on any atom is 0.251 e. The second-order valence-corrected chi connectivity index (χ2v) is 9.13. The molecule has 0 radical (unpaired) electrons. The van der Waals surface area contributed by atoms with Crippen molar-refractivity contribution >= 4 is 33.3 Å². The first-order chi connectivity index (χ1) is 11.6. The molecule has 0 spiro atoms. The molecular formula is C17H25ClN2O4S. The van der Waals surface area contributed by atoms with E-state index in [0.29, 0.717) is 23.4 Å². The number of rotatable bonds is 9. The van der Waals surface area contributed by atoms with E-state index in [2.05, 4.69) is 10.6 Å². The number of amides is 2. The van der Waals surface area contributed by atoms with Crippen LogP contribution in [0.3, 0.4) is 0 Å². The second-order valence-electron chi connectivity index (χ2n) is 6.44. The van der Waals surface area contributed by atoms with Gasteiger partial charge in [0.15, 0.2) is 0 Å². The molecule has 0 aromatic heterocycles. The van der Waals surface area contributed by atoms with Crippen molar-refractivity contribution in [3.63, 3.8) is 0 Å². The number of benzene rings is 1. The fourth-order valence-corrected chi connectivity index (χ4v) is 3.01. The molecule has 0 saturated carbocycles. The van der Waals surface area contributed by atoms with Gasteiger partial charge < -0.3 is 10.6 Å². The van der Waals surface area contributed by atoms with Crippen molar-refractivity contribution in [3.8, 4) is 0 Å². The Labute approximate surface area is 154 Å². The van der Waals surface area contributed by atoms with Crippen LogP contribution in [0.5, 0.6) is 0 Å². The summed E-state index contributed by atoms with van der Waals surface area (Å²) in [5.74, 6) is -0.449. The number of carbonyl (C=O) groups is 2. The van der Waals surface area contributed by atoms with Crippen molar-refractivity contribution in [2.45, 2.75) is 32.7 Å². The van der Waals surface area contributed by atoms with Crippen molar-refractivity contribution in [3.05, 3.63) is 34.9 Å². The van der Waals surface area contributed by atoms with Gasteiger partial charge in [0.2, 0.25) is 5.91 Å². The minimum absolute atomic E-state index is 0.0132. The Morgan fingerprint density at radius 3 is 2.28 bits per heavy atom. The zero-order valence-corrected chi connectivity index (χ0v) is 16.3. The number of halogens is 1. The van der Waals surface area contributed by atoms with Crippen LogP contribution in [0.1, 0.15) is 37.0 Å². The normalized spacial score (nSPS) is 12.7. The van der Waals surface area contributed by atoms with Crippen LogP contribution in [0, 0.1) is 5.92 Å². The monoisotopic (exact) mass is 388 g/mol. The van der Waals surface area contributed by atoms with Crippen LogP contribution in [-0.2, 0) is 14.6 Å². The molecule has 2 N–H and O–H groups in total. The quantitative estimate of drug-likeness (QED) is 0.633. The average molecular weight is 389 g/mol. The van der Waals surface area contributed by atoms with E-state index in [1.54, 1.807) is 24.3 Å². The first-order valence-electron chi connectivity index (χ1n) is 8.10. The third kappa shape index (κ3) is 8.88. The maximum atomic E-state index is 12.3. The van der Waals surface area contributed by atoms with Crippen LogP contribution in [-0.4, -0.2) is 44.8 Å². The Bertz CT molecular complexity index is 687. The van der Waals surface area contributed by atoms with E-state index in [4.69, 9.17) is 11.6 Å². The van der Waals surface area contributed by atoms with Crippen molar-refractivity contribution < 1.29 is 18.0 Å². The Hall–Kier alpha value is -1.60. The topological polar surface area (TPSA) is 92.3 Å². The van der Waals surface area contributed by atoms with Crippen LogP contribution in [0.15, 0.2) is 24.3 Å². The van der Waals surface area contributed by atoms with Gasteiger partial charge in [-0.15, -0.1) is 0 Å². The minimum atomic E-state index is -3.05. The van der Waals surface area contributed by atoms with E-state index < -0.39 is 15.9 Å². The third-order valence-corrected chi connectivity index (χ3v) is 4.71. The Morgan fingerprint density at radius 2 is 1.76 bits per heavy atom. The molecule has 140 valence electrons. The Balaban J connectivity index is 2.64. The highest BCUT2D eigenvalue weighted by Crippen LogP contribution is 2.11. The van der Waals surface area contributed by atoms with Crippen LogP contribution in [0.2, 0.25) is 5.02 Å². The minimum Gasteiger partial charge on any atom is -0.354 e. The summed E-state index contributed by atoms with van der Waals surface area (Å²) in [7, 11) is -3.05. The maximum absolute atomic E-state index is 12.3. The lowest BCUT2D eigenvalue weighted by atomic mass is 10.0. The van der Waals surface area contributed by atoms with Gasteiger partial charge in [-0.1, -0.05) is 25.4 Å². The molecule has 1 unspecified atom stereocenters. The molecule has 1 aromatic carbocycles. The van der Waals surface area contributed by atoms with Crippen molar-refractivity contribution in [1.82, 2.24) is 10.6 Å². The van der Waals surface area contributed by atoms with Gasteiger partial charge in [0, 0.05) is 23.4 Å². The Kier molecular flexibility index (Phi) is 8.38. The zero-order chi connectivity index (χ0) is 19.0. The molecule has 25 heavy (non-hydrogen) atoms. The molecule has 0 aliphatic carbocycles. The Morgan fingerprint density at radius 1 is 1.16 bits per heavy atom. The molecule has 0 aliphatic rings. The van der Waals surface area contributed by atoms with Gasteiger partial charge in [-0.05, 0) is 43.0 Å². The zero-order valence-electron chi connectivity index (χ0n) is 14.7. The molecule has 1 rings (SSSR count). The molecule has 2 amide bonds. The lowest BCUT2D eigenvalue weighted by Crippen LogP contribution is -2.47. The molecule has 1 atom stereocenters. The van der Waals surface area contributed by atoms with Gasteiger partial charge in [-0.2, -0.15) is 0 Å². The van der Waals surface area contributed by atoms with Gasteiger partial charge in [0.1, 0.15) is 15.9 Å². The van der Waals surface area contributed by atoms with Crippen molar-refractivity contribution in [2.75, 3.05) is 18.6 Å². The van der Waals surface area contributed by atoms with Gasteiger partial charge in [0.05, 0.1) is 5.75 Å². The predicted octanol–water partition coefficient (Wildman–Crippen LogP) is 2.04. The average Bonchev–Trinajstić information content (AvgIpc) is 2.50. The molecule has 0 fully saturated rings. The summed E-state index contributed by atoms with van der Waals surface area (Å²) < 4.78 is 22.2. The lowest BCUT2D eigenvalue weighted by molar-refractivity contribution is -0.123. The number of hydrogen-bond acceptors (Lipinski definition) is 4. The van der Waals surface area contributed by atoms with E-state index in [1.165, 1.54) is 0 Å². The molecule has 0 saturated heterocycles. The molecule has 1 aromatic rings. The van der Waals surface area contributed by atoms with Crippen molar-refractivity contribution in [1.29, 1.82) is 0 Å². The summed E-state index contributed by atoms with van der Waals surface area (Å²) in [4.78, 5) is 24.6. The smallest absolute Gasteiger partial charge is 0.251 e. The summed E-state index contributed by atoms with van der Waals surface area (Å²) in [6.45, 7) is 4.16. The highest BCUT2D eigenvalue weighted by molar-refractivity contribution is 7.90. The fourth-order valence-electron chi connectivity index (χ4n) is 2.21. The molecule has 0 aliphatic heterocycles. The van der Waals surface area contributed by atoms with Gasteiger partial charge in [0.25, 0.3) is 5.91 Å². The van der Waals surface area contributed by atoms with Crippen molar-refractivity contribution in [2.24, 2.45) is 5.92 Å². The number of sulfone groups is 1. The van der Waals surface area contributed by atoms with Crippen LogP contribution < -0.4 is 10.6 Å². The summed E-state index contributed by atoms with van der Waals surface area (Å²) in [5.41, 5.74) is 0.419. The number of carbonyl (C=O) groups excluding carboxylic acids is 2. The van der Waals surface area contributed by atoms with E-state index in [0.717, 1.165) is 6.26 Å². The van der Waals surface area contributed by atoms with E-state index >= 15 is 0 Å². The molecule has 6 nitrogen and oxygen atoms in total. The number of hydrogen-bond donors (Lipinski definition) is 2. The van der Waals surface area contributed by atoms with Gasteiger partial charge in [-0.25, -0.2) is 8.42 Å². The second kappa shape index (κ2) is 9.77. The summed E-state index contributed by atoms with van der Waals surface area (Å²) in [6.07, 6.45) is 1.98. The van der Waals surface area contributed by atoms with Gasteiger partial charge in [-0.3, -0.25) is 9.59 Å². The molecular weight excluding hydrogens is 364 g/mol. The largest absolute Gasteiger partial charge is 0.354 e. The molecule has 0 heterocycles. The van der Waals surface area contributed by atoms with Crippen LogP contribution in [0.25, 0.3) is 0 Å². The van der Waals surface area contributed by atoms with E-state index in [1.807, 2.05) is 13.8 Å². The standard InChI is InChI=1S/C17H25ClN2O4S/c1-12(2)11-15(17(22)19-9-4-10-25(3,23)24)20-16(21)13-5-7-14(18)8-6-13/h5-8,12,15H,4,9-11H2,1-3H3,(H,19,22)(H,20,21). The fraction of sp³-hybridized carbons (Fsp3) is 0.529. The highest BCUT2D eigenvalue weighted by Gasteiger charge is 2.22. The predicted molar refractivity (Wildman–Crippen MR) is 99.5 cm³/mol. The SMILES string of the molecule is CC(C)CC(NC(=O)c1ccc(Cl)cc1)C(=O)NCCCS(C)(=O)=O. The van der Waals surface area contributed by atoms with E-state index in [-0.39, 0.29) is 30.0 Å². The summed E-state index contributed by atoms with van der Waals surface area (Å²) >= 11 is 5.81. The first-order valence-corrected chi connectivity index (χ1v) is 10.5. The van der Waals surface area contributed by atoms with Gasteiger partial charge >= 0.3 is 0 Å². The summed E-state index contributed by atoms with van der Waals surface area (Å²) in [6, 6.07) is 5.72. The molecule has 8 heteroatoms. The summed E-state index contributed by atoms with van der Waals surface area (Å²) in [5, 5.41) is 5.94. The number of nitrogens with one attached hydrogen (secondary N) is 2.